The summed E-state index contributed by atoms with van der Waals surface area (Å²) in [5.74, 6) is -0.110. The highest BCUT2D eigenvalue weighted by atomic mass is 35.5. The third kappa shape index (κ3) is 4.17. The second-order valence-electron chi connectivity index (χ2n) is 6.17. The number of morpholine rings is 1. The number of hydrogen-bond acceptors (Lipinski definition) is 4. The molecule has 1 aromatic carbocycles. The number of benzene rings is 1. The van der Waals surface area contributed by atoms with Crippen LogP contribution in [-0.2, 0) is 11.3 Å². The molecule has 2 unspecified atom stereocenters. The van der Waals surface area contributed by atoms with Crippen LogP contribution in [0.3, 0.4) is 0 Å². The molecule has 3 rings (SSSR count). The molecule has 0 aliphatic carbocycles. The fraction of sp³-hybridized carbons (Fsp3) is 0.389. The Morgan fingerprint density at radius 1 is 1.21 bits per heavy atom. The molecule has 1 fully saturated rings. The minimum Gasteiger partial charge on any atom is -0.440 e. The number of rotatable bonds is 4. The summed E-state index contributed by atoms with van der Waals surface area (Å²) in [6.07, 6.45) is 0.418. The first-order chi connectivity index (χ1) is 11.5. The van der Waals surface area contributed by atoms with Crippen molar-refractivity contribution >= 4 is 23.2 Å². The largest absolute Gasteiger partial charge is 0.440 e. The van der Waals surface area contributed by atoms with Crippen molar-refractivity contribution in [3.05, 3.63) is 52.9 Å². The summed E-state index contributed by atoms with van der Waals surface area (Å²) in [7, 11) is 0. The highest BCUT2D eigenvalue weighted by Crippen LogP contribution is 2.22. The van der Waals surface area contributed by atoms with Gasteiger partial charge in [0, 0.05) is 25.3 Å². The molecule has 0 bridgehead atoms. The van der Waals surface area contributed by atoms with Crippen molar-refractivity contribution in [2.75, 3.05) is 18.4 Å². The van der Waals surface area contributed by atoms with E-state index in [-0.39, 0.29) is 29.1 Å². The van der Waals surface area contributed by atoms with E-state index < -0.39 is 0 Å². The van der Waals surface area contributed by atoms with Crippen molar-refractivity contribution in [3.63, 3.8) is 0 Å². The third-order valence-corrected chi connectivity index (χ3v) is 4.15. The molecule has 1 aliphatic heterocycles. The maximum Gasteiger partial charge on any atom is 0.291 e. The topological polar surface area (TPSA) is 54.7 Å². The van der Waals surface area contributed by atoms with E-state index in [4.69, 9.17) is 20.8 Å². The average Bonchev–Trinajstić information content (AvgIpc) is 2.95. The first-order valence-corrected chi connectivity index (χ1v) is 8.41. The van der Waals surface area contributed by atoms with Gasteiger partial charge in [0.05, 0.1) is 12.2 Å². The third-order valence-electron chi connectivity index (χ3n) is 3.95. The van der Waals surface area contributed by atoms with E-state index in [0.717, 1.165) is 30.9 Å². The molecule has 0 radical (unpaired) electrons. The van der Waals surface area contributed by atoms with E-state index in [1.54, 1.807) is 12.1 Å². The molecular formula is C18H21ClN2O3. The number of anilines is 1. The van der Waals surface area contributed by atoms with Gasteiger partial charge in [-0.2, -0.15) is 0 Å². The van der Waals surface area contributed by atoms with Gasteiger partial charge in [-0.15, -0.1) is 0 Å². The van der Waals surface area contributed by atoms with Gasteiger partial charge in [0.2, 0.25) is 0 Å². The lowest BCUT2D eigenvalue weighted by molar-refractivity contribution is -0.0704. The summed E-state index contributed by atoms with van der Waals surface area (Å²) >= 11 is 5.73. The Morgan fingerprint density at radius 2 is 1.92 bits per heavy atom. The Balaban J connectivity index is 1.72. The summed E-state index contributed by atoms with van der Waals surface area (Å²) < 4.78 is 10.9. The number of hydrogen-bond donors (Lipinski definition) is 1. The van der Waals surface area contributed by atoms with Crippen LogP contribution >= 0.6 is 11.6 Å². The van der Waals surface area contributed by atoms with Gasteiger partial charge in [-0.25, -0.2) is 0 Å². The second kappa shape index (κ2) is 7.38. The molecule has 0 saturated carbocycles. The normalized spacial score (nSPS) is 21.6. The Morgan fingerprint density at radius 3 is 2.58 bits per heavy atom. The van der Waals surface area contributed by atoms with Crippen LogP contribution in [0.4, 0.5) is 5.69 Å². The predicted octanol–water partition coefficient (Wildman–Crippen LogP) is 3.79. The van der Waals surface area contributed by atoms with Gasteiger partial charge in [-0.3, -0.25) is 9.69 Å². The Bertz CT molecular complexity index is 706. The van der Waals surface area contributed by atoms with Crippen LogP contribution < -0.4 is 5.32 Å². The number of halogens is 1. The molecule has 1 aromatic heterocycles. The van der Waals surface area contributed by atoms with Crippen LogP contribution in [0, 0.1) is 0 Å². The van der Waals surface area contributed by atoms with Gasteiger partial charge in [0.15, 0.2) is 11.0 Å². The van der Waals surface area contributed by atoms with Crippen LogP contribution in [0.5, 0.6) is 0 Å². The maximum atomic E-state index is 12.3. The minimum absolute atomic E-state index is 0.198. The van der Waals surface area contributed by atoms with Crippen molar-refractivity contribution in [1.29, 1.82) is 0 Å². The highest BCUT2D eigenvalue weighted by Gasteiger charge is 2.23. The lowest BCUT2D eigenvalue weighted by Gasteiger charge is -2.35. The van der Waals surface area contributed by atoms with Crippen molar-refractivity contribution in [2.24, 2.45) is 0 Å². The molecule has 1 N–H and O–H groups in total. The summed E-state index contributed by atoms with van der Waals surface area (Å²) in [5, 5.41) is 3.10. The minimum atomic E-state index is -0.307. The smallest absolute Gasteiger partial charge is 0.291 e. The Kier molecular flexibility index (Phi) is 5.23. The fourth-order valence-electron chi connectivity index (χ4n) is 3.05. The van der Waals surface area contributed by atoms with Gasteiger partial charge in [-0.1, -0.05) is 18.2 Å². The van der Waals surface area contributed by atoms with E-state index in [9.17, 15) is 4.79 Å². The number of nitrogens with one attached hydrogen (secondary N) is 1. The fourth-order valence-corrected chi connectivity index (χ4v) is 3.20. The molecule has 5 nitrogen and oxygen atoms in total. The SMILES string of the molecule is CC1CN(Cc2ccccc2NC(=O)c2ccc(Cl)o2)CC(C)O1. The van der Waals surface area contributed by atoms with Gasteiger partial charge in [0.1, 0.15) is 0 Å². The summed E-state index contributed by atoms with van der Waals surface area (Å²) in [6.45, 7) is 6.67. The van der Waals surface area contributed by atoms with Crippen molar-refractivity contribution in [3.8, 4) is 0 Å². The number of carbonyl (C=O) groups is 1. The van der Waals surface area contributed by atoms with E-state index >= 15 is 0 Å². The molecule has 0 spiro atoms. The molecule has 24 heavy (non-hydrogen) atoms. The molecular weight excluding hydrogens is 328 g/mol. The molecule has 2 heterocycles. The van der Waals surface area contributed by atoms with Crippen LogP contribution in [0.2, 0.25) is 5.22 Å². The number of carbonyl (C=O) groups excluding carboxylic acids is 1. The van der Waals surface area contributed by atoms with E-state index in [2.05, 4.69) is 24.1 Å². The van der Waals surface area contributed by atoms with Gasteiger partial charge < -0.3 is 14.5 Å². The summed E-state index contributed by atoms with van der Waals surface area (Å²) in [5.41, 5.74) is 1.84. The van der Waals surface area contributed by atoms with E-state index in [0.29, 0.717) is 0 Å². The molecule has 1 aliphatic rings. The van der Waals surface area contributed by atoms with Crippen molar-refractivity contribution < 1.29 is 13.9 Å². The number of para-hydroxylation sites is 1. The van der Waals surface area contributed by atoms with Crippen LogP contribution in [-0.4, -0.2) is 36.1 Å². The number of furan rings is 1. The zero-order valence-corrected chi connectivity index (χ0v) is 14.5. The zero-order chi connectivity index (χ0) is 17.1. The zero-order valence-electron chi connectivity index (χ0n) is 13.8. The quantitative estimate of drug-likeness (QED) is 0.913. The summed E-state index contributed by atoms with van der Waals surface area (Å²) in [4.78, 5) is 14.6. The van der Waals surface area contributed by atoms with Gasteiger partial charge in [0.25, 0.3) is 5.91 Å². The standard InChI is InChI=1S/C18H21ClN2O3/c1-12-9-21(10-13(2)23-12)11-14-5-3-4-6-15(14)20-18(22)16-7-8-17(19)24-16/h3-8,12-13H,9-11H2,1-2H3,(H,20,22). The Hall–Kier alpha value is -1.82. The molecule has 1 amide bonds. The summed E-state index contributed by atoms with van der Waals surface area (Å²) in [6, 6.07) is 10.9. The van der Waals surface area contributed by atoms with E-state index in [1.807, 2.05) is 24.3 Å². The lowest BCUT2D eigenvalue weighted by Crippen LogP contribution is -2.44. The maximum absolute atomic E-state index is 12.3. The van der Waals surface area contributed by atoms with Gasteiger partial charge in [-0.05, 0) is 49.2 Å². The molecule has 6 heteroatoms. The van der Waals surface area contributed by atoms with Crippen LogP contribution in [0.15, 0.2) is 40.8 Å². The molecule has 2 aromatic rings. The predicted molar refractivity (Wildman–Crippen MR) is 93.4 cm³/mol. The number of nitrogens with zero attached hydrogens (tertiary/aromatic N) is 1. The van der Waals surface area contributed by atoms with Crippen LogP contribution in [0.1, 0.15) is 30.0 Å². The molecule has 1 saturated heterocycles. The highest BCUT2D eigenvalue weighted by molar-refractivity contribution is 6.29. The van der Waals surface area contributed by atoms with Crippen molar-refractivity contribution in [2.45, 2.75) is 32.6 Å². The second-order valence-corrected chi connectivity index (χ2v) is 6.54. The first-order valence-electron chi connectivity index (χ1n) is 8.03. The number of amides is 1. The number of ether oxygens (including phenoxy) is 1. The first kappa shape index (κ1) is 17.0. The lowest BCUT2D eigenvalue weighted by atomic mass is 10.1. The van der Waals surface area contributed by atoms with Crippen LogP contribution in [0.25, 0.3) is 0 Å². The van der Waals surface area contributed by atoms with Gasteiger partial charge >= 0.3 is 0 Å². The molecule has 2 atom stereocenters. The molecule has 128 valence electrons. The Labute approximate surface area is 146 Å². The average molecular weight is 349 g/mol. The van der Waals surface area contributed by atoms with E-state index in [1.165, 1.54) is 0 Å². The monoisotopic (exact) mass is 348 g/mol. The van der Waals surface area contributed by atoms with Crippen molar-refractivity contribution in [1.82, 2.24) is 4.90 Å².